The highest BCUT2D eigenvalue weighted by molar-refractivity contribution is 7.74. The van der Waals surface area contributed by atoms with Crippen LogP contribution in [0.1, 0.15) is 13.8 Å². The molecule has 0 radical (unpaired) electrons. The molecule has 0 fully saturated rings. The number of rotatable bonds is 2. The molecule has 24 heavy (non-hydrogen) atoms. The van der Waals surface area contributed by atoms with Crippen molar-refractivity contribution in [2.45, 2.75) is 13.8 Å². The Morgan fingerprint density at radius 3 is 2.42 bits per heavy atom. The van der Waals surface area contributed by atoms with Gasteiger partial charge in [0, 0.05) is 23.9 Å². The van der Waals surface area contributed by atoms with E-state index < -0.39 is 22.1 Å². The van der Waals surface area contributed by atoms with Gasteiger partial charge in [0.1, 0.15) is 4.86 Å². The Morgan fingerprint density at radius 2 is 1.96 bits per heavy atom. The van der Waals surface area contributed by atoms with Crippen molar-refractivity contribution in [1.29, 1.82) is 0 Å². The predicted molar refractivity (Wildman–Crippen MR) is 97.6 cm³/mol. The van der Waals surface area contributed by atoms with Crippen LogP contribution in [0.3, 0.4) is 0 Å². The van der Waals surface area contributed by atoms with Crippen molar-refractivity contribution in [3.63, 3.8) is 0 Å². The standard InChI is InChI=1S/C13H15N5O3S.2ClH/c1-7-5-9(12(19)17-13(14)15)8(2)11(22(20)21)10(7)18-4-3-16-6-18;;/h3-6,8H,1-2H3,(H4,14,15,17,19);2*1H. The summed E-state index contributed by atoms with van der Waals surface area (Å²) in [5.41, 5.74) is 11.7. The lowest BCUT2D eigenvalue weighted by Gasteiger charge is -2.23. The van der Waals surface area contributed by atoms with Crippen LogP contribution in [-0.4, -0.2) is 34.7 Å². The van der Waals surface area contributed by atoms with Gasteiger partial charge in [-0.05, 0) is 18.6 Å². The average Bonchev–Trinajstić information content (AvgIpc) is 2.92. The quantitative estimate of drug-likeness (QED) is 0.423. The fraction of sp³-hybridized carbons (Fsp3) is 0.231. The minimum atomic E-state index is -2.51. The molecule has 0 spiro atoms. The number of carbonyl (C=O) groups is 1. The van der Waals surface area contributed by atoms with Crippen molar-refractivity contribution in [3.05, 3.63) is 35.9 Å². The van der Waals surface area contributed by atoms with Crippen molar-refractivity contribution in [2.24, 2.45) is 22.4 Å². The van der Waals surface area contributed by atoms with E-state index in [0.717, 1.165) is 0 Å². The third kappa shape index (κ3) is 4.25. The van der Waals surface area contributed by atoms with E-state index in [1.807, 2.05) is 0 Å². The number of nitrogens with two attached hydrogens (primary N) is 2. The Labute approximate surface area is 152 Å². The molecule has 1 heterocycles. The van der Waals surface area contributed by atoms with Gasteiger partial charge in [-0.3, -0.25) is 4.79 Å². The van der Waals surface area contributed by atoms with Crippen molar-refractivity contribution < 1.29 is 13.2 Å². The Balaban J connectivity index is 0.00000264. The molecule has 1 atom stereocenters. The van der Waals surface area contributed by atoms with E-state index in [2.05, 4.69) is 9.98 Å². The zero-order valence-electron chi connectivity index (χ0n) is 12.8. The molecule has 2 rings (SSSR count). The van der Waals surface area contributed by atoms with Crippen LogP contribution in [0.15, 0.2) is 40.9 Å². The maximum Gasteiger partial charge on any atom is 0.276 e. The van der Waals surface area contributed by atoms with Crippen molar-refractivity contribution in [1.82, 2.24) is 9.55 Å². The van der Waals surface area contributed by atoms with E-state index in [4.69, 9.17) is 11.5 Å². The smallest absolute Gasteiger partial charge is 0.276 e. The van der Waals surface area contributed by atoms with E-state index in [-0.39, 0.29) is 41.2 Å². The van der Waals surface area contributed by atoms with Crippen LogP contribution < -0.4 is 11.5 Å². The number of hydrogen-bond donors (Lipinski definition) is 2. The summed E-state index contributed by atoms with van der Waals surface area (Å²) in [6, 6.07) is 0. The van der Waals surface area contributed by atoms with E-state index >= 15 is 0 Å². The van der Waals surface area contributed by atoms with Gasteiger partial charge in [0.2, 0.25) is 10.3 Å². The zero-order valence-corrected chi connectivity index (χ0v) is 15.3. The van der Waals surface area contributed by atoms with Gasteiger partial charge in [-0.2, -0.15) is 13.4 Å². The van der Waals surface area contributed by atoms with E-state index in [1.54, 1.807) is 36.9 Å². The largest absolute Gasteiger partial charge is 0.370 e. The lowest BCUT2D eigenvalue weighted by atomic mass is 9.87. The summed E-state index contributed by atoms with van der Waals surface area (Å²) in [5, 5.41) is 0. The van der Waals surface area contributed by atoms with Crippen LogP contribution >= 0.6 is 24.8 Å². The van der Waals surface area contributed by atoms with Gasteiger partial charge in [0.25, 0.3) is 5.91 Å². The predicted octanol–water partition coefficient (Wildman–Crippen LogP) is 0.385. The van der Waals surface area contributed by atoms with Crippen LogP contribution in [0.4, 0.5) is 0 Å². The summed E-state index contributed by atoms with van der Waals surface area (Å²) in [7, 11) is -2.51. The maximum absolute atomic E-state index is 12.1. The minimum absolute atomic E-state index is 0. The van der Waals surface area contributed by atoms with Crippen molar-refractivity contribution in [3.8, 4) is 0 Å². The molecular weight excluding hydrogens is 377 g/mol. The Morgan fingerprint density at radius 1 is 1.33 bits per heavy atom. The zero-order chi connectivity index (χ0) is 16.4. The first kappa shape index (κ1) is 21.9. The number of nitrogens with zero attached hydrogens (tertiary/aromatic N) is 3. The third-order valence-corrected chi connectivity index (χ3v) is 4.16. The van der Waals surface area contributed by atoms with Gasteiger partial charge in [-0.15, -0.1) is 24.8 Å². The number of aliphatic imine (C=N–C) groups is 1. The highest BCUT2D eigenvalue weighted by Gasteiger charge is 2.31. The molecule has 0 saturated carbocycles. The van der Waals surface area contributed by atoms with Gasteiger partial charge in [-0.25, -0.2) is 4.98 Å². The maximum atomic E-state index is 12.1. The van der Waals surface area contributed by atoms with Crippen LogP contribution in [0.2, 0.25) is 0 Å². The summed E-state index contributed by atoms with van der Waals surface area (Å²) < 4.78 is 24.9. The van der Waals surface area contributed by atoms with Crippen LogP contribution in [0.25, 0.3) is 5.70 Å². The summed E-state index contributed by atoms with van der Waals surface area (Å²) >= 11 is 0. The van der Waals surface area contributed by atoms with Gasteiger partial charge < -0.3 is 16.0 Å². The summed E-state index contributed by atoms with van der Waals surface area (Å²) in [6.07, 6.45) is 6.26. The number of halogens is 2. The highest BCUT2D eigenvalue weighted by Crippen LogP contribution is 2.30. The number of aromatic nitrogens is 2. The molecule has 0 saturated heterocycles. The third-order valence-electron chi connectivity index (χ3n) is 3.26. The molecule has 1 unspecified atom stereocenters. The van der Waals surface area contributed by atoms with Crippen LogP contribution in [-0.2, 0) is 15.1 Å². The molecule has 1 aliphatic carbocycles. The minimum Gasteiger partial charge on any atom is -0.370 e. The molecular formula is C13H17Cl2N5O3S. The molecule has 8 nitrogen and oxygen atoms in total. The number of guanidine groups is 1. The molecule has 0 bridgehead atoms. The summed E-state index contributed by atoms with van der Waals surface area (Å²) in [6.45, 7) is 3.32. The highest BCUT2D eigenvalue weighted by atomic mass is 35.5. The van der Waals surface area contributed by atoms with Crippen LogP contribution in [0.5, 0.6) is 0 Å². The van der Waals surface area contributed by atoms with Gasteiger partial charge >= 0.3 is 0 Å². The van der Waals surface area contributed by atoms with E-state index in [0.29, 0.717) is 11.3 Å². The molecule has 1 aromatic rings. The first-order valence-corrected chi connectivity index (χ1v) is 7.41. The second-order valence-electron chi connectivity index (χ2n) is 4.76. The van der Waals surface area contributed by atoms with Crippen molar-refractivity contribution in [2.75, 3.05) is 0 Å². The number of imidazole rings is 1. The molecule has 11 heteroatoms. The Hall–Kier alpha value is -2.10. The lowest BCUT2D eigenvalue weighted by molar-refractivity contribution is -0.114. The van der Waals surface area contributed by atoms with Crippen LogP contribution in [0, 0.1) is 5.92 Å². The lowest BCUT2D eigenvalue weighted by Crippen LogP contribution is -2.29. The summed E-state index contributed by atoms with van der Waals surface area (Å²) in [5.74, 6) is -1.69. The topological polar surface area (TPSA) is 133 Å². The Bertz CT molecular complexity index is 842. The first-order valence-electron chi connectivity index (χ1n) is 6.34. The second kappa shape index (κ2) is 8.67. The number of amides is 1. The number of carbonyl (C=O) groups excluding carboxylic acids is 1. The normalized spacial score (nSPS) is 16.5. The monoisotopic (exact) mass is 393 g/mol. The fourth-order valence-corrected chi connectivity index (χ4v) is 3.18. The number of allylic oxidation sites excluding steroid dienone is 3. The fourth-order valence-electron chi connectivity index (χ4n) is 2.34. The SMILES string of the molecule is CC1=C(n2ccnc2)C(=S(=O)=O)C(C)C(C(=O)N=C(N)N)=C1.Cl.Cl. The first-order chi connectivity index (χ1) is 10.3. The molecule has 1 amide bonds. The molecule has 0 aliphatic heterocycles. The number of hydrogen-bond acceptors (Lipinski definition) is 4. The molecule has 132 valence electrons. The summed E-state index contributed by atoms with van der Waals surface area (Å²) in [4.78, 5) is 19.5. The molecule has 1 aromatic heterocycles. The average molecular weight is 394 g/mol. The van der Waals surface area contributed by atoms with Gasteiger partial charge in [-0.1, -0.05) is 6.92 Å². The van der Waals surface area contributed by atoms with E-state index in [1.165, 1.54) is 6.33 Å². The molecule has 0 aromatic carbocycles. The van der Waals surface area contributed by atoms with Gasteiger partial charge in [0.05, 0.1) is 12.0 Å². The molecule has 1 aliphatic rings. The van der Waals surface area contributed by atoms with Crippen molar-refractivity contribution >= 4 is 57.5 Å². The molecule has 4 N–H and O–H groups in total. The van der Waals surface area contributed by atoms with E-state index in [9.17, 15) is 13.2 Å². The Kier molecular flexibility index (Phi) is 7.91. The van der Waals surface area contributed by atoms with Gasteiger partial charge in [0.15, 0.2) is 5.96 Å². The second-order valence-corrected chi connectivity index (χ2v) is 5.67.